The number of nitrogens with zero attached hydrogens (tertiary/aromatic N) is 1. The van der Waals surface area contributed by atoms with Crippen molar-refractivity contribution in [2.24, 2.45) is 5.41 Å². The molecule has 2 aromatic heterocycles. The fourth-order valence-corrected chi connectivity index (χ4v) is 7.16. The summed E-state index contributed by atoms with van der Waals surface area (Å²) < 4.78 is 17.4. The Morgan fingerprint density at radius 1 is 1.03 bits per heavy atom. The molecule has 3 aliphatic carbocycles. The van der Waals surface area contributed by atoms with E-state index in [1.54, 1.807) is 0 Å². The topological polar surface area (TPSA) is 114 Å². The molecular weight excluding hydrogens is 496 g/mol. The van der Waals surface area contributed by atoms with Crippen molar-refractivity contribution in [3.63, 3.8) is 0 Å². The number of benzene rings is 1. The number of nitrogens with one attached hydrogen (secondary N) is 1. The Balaban J connectivity index is 1.11. The lowest BCUT2D eigenvalue weighted by Crippen LogP contribution is -2.47. The maximum atomic E-state index is 11.8. The SMILES string of the molecule is O=C(O)C12CCC(c3ccc(-c4nc5cc(O[C@@H]6COC7C6OC[C@H]7O)[nH]c5cc4Cl)cc3)(CC1)CC2. The smallest absolute Gasteiger partial charge is 0.309 e. The number of carboxylic acid groups (broad SMARTS) is 1. The summed E-state index contributed by atoms with van der Waals surface area (Å²) in [7, 11) is 0. The molecule has 37 heavy (non-hydrogen) atoms. The average Bonchev–Trinajstić information content (AvgIpc) is 3.61. The van der Waals surface area contributed by atoms with Crippen LogP contribution in [0.15, 0.2) is 36.4 Å². The normalized spacial score (nSPS) is 34.6. The molecule has 9 heteroatoms. The van der Waals surface area contributed by atoms with Crippen LogP contribution < -0.4 is 4.74 Å². The lowest BCUT2D eigenvalue weighted by Gasteiger charge is -2.51. The molecule has 1 aromatic carbocycles. The van der Waals surface area contributed by atoms with Crippen LogP contribution in [0.5, 0.6) is 5.88 Å². The van der Waals surface area contributed by atoms with E-state index in [9.17, 15) is 15.0 Å². The third-order valence-electron chi connectivity index (χ3n) is 9.26. The first-order valence-electron chi connectivity index (χ1n) is 13.0. The summed E-state index contributed by atoms with van der Waals surface area (Å²) in [5.74, 6) is -0.0755. The van der Waals surface area contributed by atoms with Gasteiger partial charge in [0.1, 0.15) is 18.3 Å². The number of ether oxygens (including phenoxy) is 3. The highest BCUT2D eigenvalue weighted by Gasteiger charge is 2.53. The number of H-pyrrole nitrogens is 1. The number of hydrogen-bond acceptors (Lipinski definition) is 6. The fourth-order valence-electron chi connectivity index (χ4n) is 6.90. The number of fused-ring (bicyclic) bond motifs is 5. The van der Waals surface area contributed by atoms with Crippen LogP contribution in [0, 0.1) is 5.41 Å². The Kier molecular flexibility index (Phi) is 5.35. The molecule has 0 amide bonds. The van der Waals surface area contributed by atoms with E-state index in [4.69, 9.17) is 30.8 Å². The molecular formula is C28H29ClN2O6. The van der Waals surface area contributed by atoms with Gasteiger partial charge in [-0.2, -0.15) is 0 Å². The zero-order chi connectivity index (χ0) is 25.4. The summed E-state index contributed by atoms with van der Waals surface area (Å²) in [4.78, 5) is 19.8. The van der Waals surface area contributed by atoms with Crippen LogP contribution in [0.2, 0.25) is 5.02 Å². The lowest BCUT2D eigenvalue weighted by molar-refractivity contribution is -0.156. The fraction of sp³-hybridized carbons (Fsp3) is 0.500. The summed E-state index contributed by atoms with van der Waals surface area (Å²) in [5.41, 5.74) is 3.99. The molecule has 5 aliphatic rings. The van der Waals surface area contributed by atoms with Crippen LogP contribution in [0.1, 0.15) is 44.1 Å². The molecule has 4 heterocycles. The second-order valence-corrected chi connectivity index (χ2v) is 11.6. The van der Waals surface area contributed by atoms with Crippen molar-refractivity contribution in [2.75, 3.05) is 13.2 Å². The first kappa shape index (κ1) is 23.5. The molecule has 0 spiro atoms. The Labute approximate surface area is 218 Å². The van der Waals surface area contributed by atoms with E-state index in [1.807, 2.05) is 12.1 Å². The third kappa shape index (κ3) is 3.68. The molecule has 5 fully saturated rings. The number of rotatable bonds is 5. The highest BCUT2D eigenvalue weighted by Crippen LogP contribution is 2.58. The van der Waals surface area contributed by atoms with Crippen molar-refractivity contribution in [3.05, 3.63) is 47.0 Å². The Morgan fingerprint density at radius 2 is 1.73 bits per heavy atom. The summed E-state index contributed by atoms with van der Waals surface area (Å²) >= 11 is 6.65. The van der Waals surface area contributed by atoms with E-state index in [1.165, 1.54) is 5.56 Å². The largest absolute Gasteiger partial charge is 0.481 e. The monoisotopic (exact) mass is 524 g/mol. The molecule has 3 aromatic rings. The van der Waals surface area contributed by atoms with Gasteiger partial charge in [-0.05, 0) is 55.6 Å². The van der Waals surface area contributed by atoms with Crippen LogP contribution in [0.3, 0.4) is 0 Å². The van der Waals surface area contributed by atoms with Gasteiger partial charge in [0, 0.05) is 11.6 Å². The second kappa shape index (κ2) is 8.43. The minimum Gasteiger partial charge on any atom is -0.481 e. The van der Waals surface area contributed by atoms with Gasteiger partial charge in [-0.3, -0.25) is 4.79 Å². The highest BCUT2D eigenvalue weighted by atomic mass is 35.5. The molecule has 8 rings (SSSR count). The number of carboxylic acids is 1. The Bertz CT molecular complexity index is 1350. The second-order valence-electron chi connectivity index (χ2n) is 11.1. The number of halogens is 1. The van der Waals surface area contributed by atoms with Gasteiger partial charge in [0.25, 0.3) is 0 Å². The van der Waals surface area contributed by atoms with Gasteiger partial charge in [-0.25, -0.2) is 4.98 Å². The number of aromatic nitrogens is 2. The van der Waals surface area contributed by atoms with E-state index in [-0.39, 0.29) is 30.3 Å². The summed E-state index contributed by atoms with van der Waals surface area (Å²) in [6, 6.07) is 12.2. The maximum absolute atomic E-state index is 11.8. The number of pyridine rings is 1. The van der Waals surface area contributed by atoms with Crippen LogP contribution >= 0.6 is 11.6 Å². The van der Waals surface area contributed by atoms with Crippen molar-refractivity contribution in [1.29, 1.82) is 0 Å². The van der Waals surface area contributed by atoms with Gasteiger partial charge < -0.3 is 29.4 Å². The van der Waals surface area contributed by atoms with Gasteiger partial charge in [-0.1, -0.05) is 35.9 Å². The van der Waals surface area contributed by atoms with E-state index in [0.717, 1.165) is 55.1 Å². The average molecular weight is 525 g/mol. The van der Waals surface area contributed by atoms with Crippen molar-refractivity contribution in [3.8, 4) is 17.1 Å². The minimum absolute atomic E-state index is 0.0752. The molecule has 0 radical (unpaired) electrons. The molecule has 194 valence electrons. The van der Waals surface area contributed by atoms with Crippen LogP contribution in [0.25, 0.3) is 22.3 Å². The number of hydrogen-bond donors (Lipinski definition) is 3. The van der Waals surface area contributed by atoms with Crippen LogP contribution in [0.4, 0.5) is 0 Å². The zero-order valence-electron chi connectivity index (χ0n) is 20.3. The van der Waals surface area contributed by atoms with Gasteiger partial charge in [-0.15, -0.1) is 0 Å². The number of aliphatic hydroxyl groups excluding tert-OH is 1. The molecule has 3 N–H and O–H groups in total. The summed E-state index contributed by atoms with van der Waals surface area (Å²) in [6.07, 6.45) is 3.47. The molecule has 4 atom stereocenters. The van der Waals surface area contributed by atoms with Gasteiger partial charge in [0.05, 0.1) is 40.4 Å². The van der Waals surface area contributed by atoms with Crippen molar-refractivity contribution >= 4 is 28.6 Å². The van der Waals surface area contributed by atoms with E-state index < -0.39 is 17.5 Å². The van der Waals surface area contributed by atoms with Gasteiger partial charge in [0.15, 0.2) is 12.0 Å². The number of aliphatic carboxylic acids is 1. The van der Waals surface area contributed by atoms with Crippen LogP contribution in [-0.4, -0.2) is 63.8 Å². The predicted molar refractivity (Wildman–Crippen MR) is 136 cm³/mol. The number of aromatic amines is 1. The van der Waals surface area contributed by atoms with Crippen molar-refractivity contribution < 1.29 is 29.2 Å². The third-order valence-corrected chi connectivity index (χ3v) is 9.55. The molecule has 2 bridgehead atoms. The summed E-state index contributed by atoms with van der Waals surface area (Å²) in [5, 5.41) is 20.2. The highest BCUT2D eigenvalue weighted by molar-refractivity contribution is 6.33. The Morgan fingerprint density at radius 3 is 2.43 bits per heavy atom. The lowest BCUT2D eigenvalue weighted by atomic mass is 9.52. The van der Waals surface area contributed by atoms with Crippen molar-refractivity contribution in [2.45, 2.75) is 68.4 Å². The molecule has 8 nitrogen and oxygen atoms in total. The van der Waals surface area contributed by atoms with E-state index >= 15 is 0 Å². The molecule has 2 aliphatic heterocycles. The quantitative estimate of drug-likeness (QED) is 0.451. The van der Waals surface area contributed by atoms with Crippen LogP contribution in [-0.2, 0) is 19.7 Å². The first-order chi connectivity index (χ1) is 17.9. The molecule has 3 saturated carbocycles. The summed E-state index contributed by atoms with van der Waals surface area (Å²) in [6.45, 7) is 0.609. The zero-order valence-corrected chi connectivity index (χ0v) is 21.0. The number of carbonyl (C=O) groups is 1. The first-order valence-corrected chi connectivity index (χ1v) is 13.4. The van der Waals surface area contributed by atoms with Gasteiger partial charge >= 0.3 is 5.97 Å². The van der Waals surface area contributed by atoms with E-state index in [2.05, 4.69) is 29.2 Å². The van der Waals surface area contributed by atoms with Crippen molar-refractivity contribution in [1.82, 2.24) is 9.97 Å². The Hall–Kier alpha value is -2.65. The standard InChI is InChI=1S/C28H29ClN2O6/c29-17-11-18-19(12-22(30-18)37-21-14-36-24-20(32)13-35-25(21)24)31-23(17)15-1-3-16(4-2-15)27-5-8-28(9-6-27,10-7-27)26(33)34/h1-4,11-12,20-21,24-25,30,32H,5-10,13-14H2,(H,33,34)/t20-,21-,24?,25?,27?,28?/m1/s1. The van der Waals surface area contributed by atoms with Gasteiger partial charge in [0.2, 0.25) is 0 Å². The molecule has 2 unspecified atom stereocenters. The maximum Gasteiger partial charge on any atom is 0.309 e. The minimum atomic E-state index is -0.628. The van der Waals surface area contributed by atoms with E-state index in [0.29, 0.717) is 23.2 Å². The predicted octanol–water partition coefficient (Wildman–Crippen LogP) is 4.47. The molecule has 2 saturated heterocycles. The number of aliphatic hydroxyl groups is 1.